The number of aromatic nitrogens is 3. The van der Waals surface area contributed by atoms with E-state index in [0.717, 1.165) is 0 Å². The number of hydrogen-bond donors (Lipinski definition) is 1. The predicted molar refractivity (Wildman–Crippen MR) is 71.8 cm³/mol. The molecule has 100 valence electrons. The van der Waals surface area contributed by atoms with E-state index < -0.39 is 6.10 Å². The fraction of sp³-hybridized carbons (Fsp3) is 0.0667. The summed E-state index contributed by atoms with van der Waals surface area (Å²) >= 11 is 0. The van der Waals surface area contributed by atoms with E-state index in [1.165, 1.54) is 18.5 Å². The minimum absolute atomic E-state index is 0.349. The first-order valence-corrected chi connectivity index (χ1v) is 6.14. The monoisotopic (exact) mass is 269 g/mol. The van der Waals surface area contributed by atoms with E-state index in [1.807, 2.05) is 18.2 Å². The van der Waals surface area contributed by atoms with Crippen molar-refractivity contribution in [3.05, 3.63) is 78.1 Å². The molecule has 0 saturated carbocycles. The Morgan fingerprint density at radius 2 is 1.85 bits per heavy atom. The van der Waals surface area contributed by atoms with E-state index in [0.29, 0.717) is 17.1 Å². The molecule has 20 heavy (non-hydrogen) atoms. The Bertz CT molecular complexity index is 712. The fourth-order valence-electron chi connectivity index (χ4n) is 2.04. The smallest absolute Gasteiger partial charge is 0.170 e. The molecule has 1 heterocycles. The summed E-state index contributed by atoms with van der Waals surface area (Å²) in [6.07, 6.45) is 0.540. The third-order valence-corrected chi connectivity index (χ3v) is 3.02. The molecule has 0 aliphatic carbocycles. The lowest BCUT2D eigenvalue weighted by Crippen LogP contribution is -2.08. The molecule has 0 spiro atoms. The maximum absolute atomic E-state index is 13.3. The highest BCUT2D eigenvalue weighted by Crippen LogP contribution is 2.22. The van der Waals surface area contributed by atoms with E-state index in [2.05, 4.69) is 10.2 Å². The largest absolute Gasteiger partial charge is 0.380 e. The standard InChI is InChI=1S/C15H12FN3O/c16-12-7-4-8-13(9-12)19-10-17-18-15(19)14(20)11-5-2-1-3-6-11/h1-10,14,20H. The third-order valence-electron chi connectivity index (χ3n) is 3.02. The van der Waals surface area contributed by atoms with Crippen LogP contribution >= 0.6 is 0 Å². The molecular weight excluding hydrogens is 257 g/mol. The molecule has 1 unspecified atom stereocenters. The van der Waals surface area contributed by atoms with Gasteiger partial charge in [-0.25, -0.2) is 4.39 Å². The predicted octanol–water partition coefficient (Wildman–Crippen LogP) is 2.49. The number of nitrogens with zero attached hydrogens (tertiary/aromatic N) is 3. The van der Waals surface area contributed by atoms with Gasteiger partial charge in [-0.2, -0.15) is 0 Å². The van der Waals surface area contributed by atoms with Gasteiger partial charge >= 0.3 is 0 Å². The topological polar surface area (TPSA) is 50.9 Å². The van der Waals surface area contributed by atoms with Crippen LogP contribution < -0.4 is 0 Å². The van der Waals surface area contributed by atoms with Crippen LogP contribution in [-0.2, 0) is 0 Å². The van der Waals surface area contributed by atoms with Gasteiger partial charge in [0.2, 0.25) is 0 Å². The molecule has 3 aromatic rings. The Morgan fingerprint density at radius 1 is 1.05 bits per heavy atom. The maximum Gasteiger partial charge on any atom is 0.170 e. The van der Waals surface area contributed by atoms with Crippen LogP contribution in [-0.4, -0.2) is 19.9 Å². The van der Waals surface area contributed by atoms with E-state index in [1.54, 1.807) is 28.8 Å². The lowest BCUT2D eigenvalue weighted by atomic mass is 10.1. The minimum Gasteiger partial charge on any atom is -0.380 e. The SMILES string of the molecule is OC(c1ccccc1)c1nncn1-c1cccc(F)c1. The number of benzene rings is 2. The second kappa shape index (κ2) is 5.22. The van der Waals surface area contributed by atoms with Crippen LogP contribution in [0.5, 0.6) is 0 Å². The Morgan fingerprint density at radius 3 is 2.60 bits per heavy atom. The average molecular weight is 269 g/mol. The van der Waals surface area contributed by atoms with Gasteiger partial charge in [-0.3, -0.25) is 4.57 Å². The van der Waals surface area contributed by atoms with Crippen molar-refractivity contribution >= 4 is 0 Å². The van der Waals surface area contributed by atoms with Crippen molar-refractivity contribution in [2.75, 3.05) is 0 Å². The summed E-state index contributed by atoms with van der Waals surface area (Å²) in [6.45, 7) is 0. The zero-order valence-corrected chi connectivity index (χ0v) is 10.5. The zero-order valence-electron chi connectivity index (χ0n) is 10.5. The number of halogens is 1. The molecule has 3 rings (SSSR count). The van der Waals surface area contributed by atoms with Crippen LogP contribution in [0.2, 0.25) is 0 Å². The van der Waals surface area contributed by atoms with E-state index in [4.69, 9.17) is 0 Å². The number of aliphatic hydroxyl groups excluding tert-OH is 1. The summed E-state index contributed by atoms with van der Waals surface area (Å²) in [5.74, 6) is -0.00171. The summed E-state index contributed by atoms with van der Waals surface area (Å²) in [6, 6.07) is 15.2. The van der Waals surface area contributed by atoms with E-state index in [9.17, 15) is 9.50 Å². The van der Waals surface area contributed by atoms with Gasteiger partial charge in [-0.05, 0) is 23.8 Å². The van der Waals surface area contributed by atoms with Gasteiger partial charge in [-0.15, -0.1) is 10.2 Å². The average Bonchev–Trinajstić information content (AvgIpc) is 2.97. The molecule has 1 aromatic heterocycles. The van der Waals surface area contributed by atoms with Crippen LogP contribution in [0.4, 0.5) is 4.39 Å². The minimum atomic E-state index is -0.915. The molecule has 5 heteroatoms. The van der Waals surface area contributed by atoms with Crippen LogP contribution in [0.1, 0.15) is 17.5 Å². The van der Waals surface area contributed by atoms with E-state index >= 15 is 0 Å². The highest BCUT2D eigenvalue weighted by molar-refractivity contribution is 5.34. The van der Waals surface area contributed by atoms with Gasteiger partial charge in [0.05, 0.1) is 5.69 Å². The van der Waals surface area contributed by atoms with Gasteiger partial charge in [0.25, 0.3) is 0 Å². The first kappa shape index (κ1) is 12.5. The molecule has 0 amide bonds. The van der Waals surface area contributed by atoms with Gasteiger partial charge in [0.15, 0.2) is 5.82 Å². The number of rotatable bonds is 3. The fourth-order valence-corrected chi connectivity index (χ4v) is 2.04. The summed E-state index contributed by atoms with van der Waals surface area (Å²) in [4.78, 5) is 0. The van der Waals surface area contributed by atoms with Gasteiger partial charge < -0.3 is 5.11 Å². The van der Waals surface area contributed by atoms with Crippen molar-refractivity contribution in [1.29, 1.82) is 0 Å². The molecule has 0 aliphatic heterocycles. The number of hydrogen-bond acceptors (Lipinski definition) is 3. The molecular formula is C15H12FN3O. The van der Waals surface area contributed by atoms with Crippen LogP contribution in [0.15, 0.2) is 60.9 Å². The van der Waals surface area contributed by atoms with Crippen LogP contribution in [0, 0.1) is 5.82 Å². The Hall–Kier alpha value is -2.53. The quantitative estimate of drug-likeness (QED) is 0.794. The first-order valence-electron chi connectivity index (χ1n) is 6.14. The van der Waals surface area contributed by atoms with Crippen molar-refractivity contribution in [2.45, 2.75) is 6.10 Å². The van der Waals surface area contributed by atoms with Crippen molar-refractivity contribution in [2.24, 2.45) is 0 Å². The molecule has 0 saturated heterocycles. The normalized spacial score (nSPS) is 12.3. The molecule has 0 radical (unpaired) electrons. The van der Waals surface area contributed by atoms with E-state index in [-0.39, 0.29) is 5.82 Å². The number of aliphatic hydroxyl groups is 1. The third kappa shape index (κ3) is 2.31. The molecule has 0 bridgehead atoms. The molecule has 2 aromatic carbocycles. The maximum atomic E-state index is 13.3. The van der Waals surface area contributed by atoms with Crippen LogP contribution in [0.25, 0.3) is 5.69 Å². The van der Waals surface area contributed by atoms with Gasteiger partial charge in [0.1, 0.15) is 18.2 Å². The van der Waals surface area contributed by atoms with Crippen molar-refractivity contribution in [3.8, 4) is 5.69 Å². The Balaban J connectivity index is 2.03. The highest BCUT2D eigenvalue weighted by atomic mass is 19.1. The Labute approximate surface area is 115 Å². The van der Waals surface area contributed by atoms with Crippen LogP contribution in [0.3, 0.4) is 0 Å². The molecule has 1 N–H and O–H groups in total. The first-order chi connectivity index (χ1) is 9.75. The molecule has 1 atom stereocenters. The molecule has 4 nitrogen and oxygen atoms in total. The zero-order chi connectivity index (χ0) is 13.9. The van der Waals surface area contributed by atoms with Crippen molar-refractivity contribution in [3.63, 3.8) is 0 Å². The molecule has 0 fully saturated rings. The second-order valence-corrected chi connectivity index (χ2v) is 4.35. The summed E-state index contributed by atoms with van der Waals surface area (Å²) in [7, 11) is 0. The summed E-state index contributed by atoms with van der Waals surface area (Å²) in [5, 5.41) is 18.1. The molecule has 0 aliphatic rings. The lowest BCUT2D eigenvalue weighted by Gasteiger charge is -2.12. The summed E-state index contributed by atoms with van der Waals surface area (Å²) < 4.78 is 14.9. The lowest BCUT2D eigenvalue weighted by molar-refractivity contribution is 0.207. The van der Waals surface area contributed by atoms with Gasteiger partial charge in [0, 0.05) is 0 Å². The van der Waals surface area contributed by atoms with Crippen molar-refractivity contribution < 1.29 is 9.50 Å². The van der Waals surface area contributed by atoms with Crippen molar-refractivity contribution in [1.82, 2.24) is 14.8 Å². The Kier molecular flexibility index (Phi) is 3.26. The van der Waals surface area contributed by atoms with Gasteiger partial charge in [-0.1, -0.05) is 36.4 Å². The second-order valence-electron chi connectivity index (χ2n) is 4.35. The highest BCUT2D eigenvalue weighted by Gasteiger charge is 2.17. The summed E-state index contributed by atoms with van der Waals surface area (Å²) in [5.41, 5.74) is 1.28.